The van der Waals surface area contributed by atoms with Crippen molar-refractivity contribution in [3.63, 3.8) is 0 Å². The van der Waals surface area contributed by atoms with Crippen LogP contribution in [0.4, 0.5) is 5.82 Å². The maximum absolute atomic E-state index is 12.6. The van der Waals surface area contributed by atoms with Crippen LogP contribution in [-0.2, 0) is 21.3 Å². The maximum Gasteiger partial charge on any atom is 0.274 e. The summed E-state index contributed by atoms with van der Waals surface area (Å²) in [6.07, 6.45) is 1.51. The van der Waals surface area contributed by atoms with Gasteiger partial charge < -0.3 is 4.74 Å². The molecular formula is C17H20Cl2N3O3S+. The van der Waals surface area contributed by atoms with Crippen LogP contribution in [0.5, 0.6) is 0 Å². The van der Waals surface area contributed by atoms with Crippen molar-refractivity contribution in [2.75, 3.05) is 38.3 Å². The van der Waals surface area contributed by atoms with E-state index < -0.39 is 10.0 Å². The Balaban J connectivity index is 1.75. The van der Waals surface area contributed by atoms with E-state index in [9.17, 15) is 8.42 Å². The van der Waals surface area contributed by atoms with Gasteiger partial charge in [0.1, 0.15) is 17.6 Å². The van der Waals surface area contributed by atoms with Crippen LogP contribution in [0, 0.1) is 0 Å². The number of ether oxygens (including phenoxy) is 1. The summed E-state index contributed by atoms with van der Waals surface area (Å²) in [4.78, 5) is 5.22. The summed E-state index contributed by atoms with van der Waals surface area (Å²) in [5.74, 6) is 0.766. The first kappa shape index (κ1) is 19.4. The van der Waals surface area contributed by atoms with Gasteiger partial charge in [0.25, 0.3) is 5.82 Å². The van der Waals surface area contributed by atoms with Crippen molar-refractivity contribution in [1.29, 1.82) is 0 Å². The van der Waals surface area contributed by atoms with E-state index in [1.165, 1.54) is 10.5 Å². The van der Waals surface area contributed by atoms with E-state index in [1.807, 2.05) is 24.1 Å². The predicted molar refractivity (Wildman–Crippen MR) is 101 cm³/mol. The predicted octanol–water partition coefficient (Wildman–Crippen LogP) is 2.46. The number of sulfonamides is 1. The molecule has 140 valence electrons. The number of benzene rings is 1. The Bertz CT molecular complexity index is 869. The molecule has 3 rings (SSSR count). The van der Waals surface area contributed by atoms with Crippen LogP contribution in [0.2, 0.25) is 10.0 Å². The summed E-state index contributed by atoms with van der Waals surface area (Å²) < 4.78 is 31.9. The fourth-order valence-corrected chi connectivity index (χ4v) is 4.50. The van der Waals surface area contributed by atoms with Gasteiger partial charge in [-0.2, -0.15) is 4.31 Å². The highest BCUT2D eigenvalue weighted by molar-refractivity contribution is 7.89. The molecule has 1 saturated heterocycles. The average Bonchev–Trinajstić information content (AvgIpc) is 2.66. The first-order chi connectivity index (χ1) is 12.4. The van der Waals surface area contributed by atoms with Gasteiger partial charge in [-0.25, -0.2) is 13.4 Å². The molecule has 0 unspecified atom stereocenters. The molecule has 0 aliphatic carbocycles. The molecule has 0 amide bonds. The minimum absolute atomic E-state index is 0.234. The number of aromatic nitrogens is 1. The van der Waals surface area contributed by atoms with Gasteiger partial charge in [-0.15, -0.1) is 0 Å². The normalized spacial score (nSPS) is 15.8. The van der Waals surface area contributed by atoms with Crippen LogP contribution in [0.1, 0.15) is 5.56 Å². The van der Waals surface area contributed by atoms with Gasteiger partial charge in [-0.3, -0.25) is 4.90 Å². The number of morpholine rings is 1. The zero-order valence-corrected chi connectivity index (χ0v) is 16.6. The monoisotopic (exact) mass is 416 g/mol. The van der Waals surface area contributed by atoms with E-state index >= 15 is 0 Å². The third-order valence-electron chi connectivity index (χ3n) is 4.23. The summed E-state index contributed by atoms with van der Waals surface area (Å²) in [5, 5.41) is 1.03. The molecule has 1 aliphatic heterocycles. The molecule has 0 bridgehead atoms. The molecule has 6 nitrogen and oxygen atoms in total. The van der Waals surface area contributed by atoms with Crippen LogP contribution in [-0.4, -0.2) is 46.1 Å². The standard InChI is InChI=1S/C17H19Cl2N3O3S/c1-21(12-13-3-2-4-15(18)17(13)19)16-6-5-14(11-20-16)26(23,24)22-7-9-25-10-8-22/h2-6,11H,7-10,12H2,1H3/p+1. The summed E-state index contributed by atoms with van der Waals surface area (Å²) in [7, 11) is -1.62. The highest BCUT2D eigenvalue weighted by atomic mass is 35.5. The zero-order valence-electron chi connectivity index (χ0n) is 14.3. The van der Waals surface area contributed by atoms with E-state index in [2.05, 4.69) is 4.98 Å². The Morgan fingerprint density at radius 3 is 2.58 bits per heavy atom. The van der Waals surface area contributed by atoms with Gasteiger partial charge in [0.2, 0.25) is 10.0 Å². The minimum atomic E-state index is -3.51. The fraction of sp³-hybridized carbons (Fsp3) is 0.353. The molecule has 2 heterocycles. The highest BCUT2D eigenvalue weighted by Crippen LogP contribution is 2.27. The Kier molecular flexibility index (Phi) is 6.04. The molecule has 0 spiro atoms. The van der Waals surface area contributed by atoms with Gasteiger partial charge in [0.15, 0.2) is 0 Å². The summed E-state index contributed by atoms with van der Waals surface area (Å²) >= 11 is 12.3. The van der Waals surface area contributed by atoms with Crippen molar-refractivity contribution < 1.29 is 18.1 Å². The minimum Gasteiger partial charge on any atom is -0.379 e. The Labute approximate surface area is 163 Å². The number of rotatable bonds is 5. The Morgan fingerprint density at radius 1 is 1.19 bits per heavy atom. The van der Waals surface area contributed by atoms with Crippen molar-refractivity contribution >= 4 is 39.0 Å². The average molecular weight is 417 g/mol. The van der Waals surface area contributed by atoms with Crippen LogP contribution in [0.15, 0.2) is 41.4 Å². The third-order valence-corrected chi connectivity index (χ3v) is 6.98. The van der Waals surface area contributed by atoms with E-state index in [1.54, 1.807) is 18.2 Å². The highest BCUT2D eigenvalue weighted by Gasteiger charge is 2.27. The molecule has 26 heavy (non-hydrogen) atoms. The third kappa shape index (κ3) is 4.13. The van der Waals surface area contributed by atoms with Crippen LogP contribution < -0.4 is 9.88 Å². The number of pyridine rings is 1. The molecule has 1 aromatic carbocycles. The lowest BCUT2D eigenvalue weighted by Crippen LogP contribution is -2.41. The van der Waals surface area contributed by atoms with Crippen molar-refractivity contribution in [1.82, 2.24) is 4.31 Å². The molecule has 1 aromatic heterocycles. The van der Waals surface area contributed by atoms with E-state index in [0.29, 0.717) is 42.9 Å². The second-order valence-corrected chi connectivity index (χ2v) is 8.72. The van der Waals surface area contributed by atoms with Gasteiger partial charge in [-0.1, -0.05) is 35.3 Å². The number of anilines is 1. The number of hydrogen-bond acceptors (Lipinski definition) is 4. The lowest BCUT2D eigenvalue weighted by molar-refractivity contribution is -0.367. The number of halogens is 2. The van der Waals surface area contributed by atoms with E-state index in [-0.39, 0.29) is 4.90 Å². The van der Waals surface area contributed by atoms with E-state index in [0.717, 1.165) is 11.4 Å². The van der Waals surface area contributed by atoms with Crippen molar-refractivity contribution in [2.45, 2.75) is 11.4 Å². The molecule has 0 atom stereocenters. The number of hydrogen-bond donors (Lipinski definition) is 0. The lowest BCUT2D eigenvalue weighted by atomic mass is 10.2. The second-order valence-electron chi connectivity index (χ2n) is 6.00. The molecule has 1 N–H and O–H groups in total. The van der Waals surface area contributed by atoms with Gasteiger partial charge in [0.05, 0.1) is 30.3 Å². The van der Waals surface area contributed by atoms with Crippen LogP contribution >= 0.6 is 23.2 Å². The number of aromatic amines is 1. The summed E-state index contributed by atoms with van der Waals surface area (Å²) in [5.41, 5.74) is 0.889. The van der Waals surface area contributed by atoms with Gasteiger partial charge in [0, 0.05) is 24.7 Å². The van der Waals surface area contributed by atoms with Gasteiger partial charge >= 0.3 is 0 Å². The largest absolute Gasteiger partial charge is 0.379 e. The first-order valence-corrected chi connectivity index (χ1v) is 10.3. The van der Waals surface area contributed by atoms with Crippen molar-refractivity contribution in [2.24, 2.45) is 0 Å². The Morgan fingerprint density at radius 2 is 1.92 bits per heavy atom. The van der Waals surface area contributed by atoms with Gasteiger partial charge in [-0.05, 0) is 12.1 Å². The van der Waals surface area contributed by atoms with Crippen LogP contribution in [0.25, 0.3) is 0 Å². The molecule has 0 saturated carbocycles. The topological polar surface area (TPSA) is 64.0 Å². The first-order valence-electron chi connectivity index (χ1n) is 8.13. The molecule has 0 radical (unpaired) electrons. The van der Waals surface area contributed by atoms with Crippen LogP contribution in [0.3, 0.4) is 0 Å². The lowest BCUT2D eigenvalue weighted by Gasteiger charge is -2.25. The smallest absolute Gasteiger partial charge is 0.274 e. The number of nitrogens with one attached hydrogen (secondary N) is 1. The SMILES string of the molecule is CN(Cc1cccc(Cl)c1Cl)c1ccc(S(=O)(=O)N2CCOCC2)c[nH+]1. The van der Waals surface area contributed by atoms with Crippen molar-refractivity contribution in [3.05, 3.63) is 52.1 Å². The fourth-order valence-electron chi connectivity index (χ4n) is 2.75. The molecule has 9 heteroatoms. The van der Waals surface area contributed by atoms with E-state index in [4.69, 9.17) is 27.9 Å². The van der Waals surface area contributed by atoms with Crippen molar-refractivity contribution in [3.8, 4) is 0 Å². The second kappa shape index (κ2) is 8.10. The number of nitrogens with zero attached hydrogens (tertiary/aromatic N) is 2. The molecular weight excluding hydrogens is 397 g/mol. The number of H-pyrrole nitrogens is 1. The summed E-state index contributed by atoms with van der Waals surface area (Å²) in [6.45, 7) is 2.12. The summed E-state index contributed by atoms with van der Waals surface area (Å²) in [6, 6.07) is 8.84. The molecule has 1 fully saturated rings. The Hall–Kier alpha value is -1.38. The zero-order chi connectivity index (χ0) is 18.7. The quantitative estimate of drug-likeness (QED) is 0.750. The maximum atomic E-state index is 12.6. The molecule has 1 aliphatic rings. The molecule has 2 aromatic rings.